The summed E-state index contributed by atoms with van der Waals surface area (Å²) in [6.07, 6.45) is 7.85. The molecule has 1 N–H and O–H groups in total. The lowest BCUT2D eigenvalue weighted by Gasteiger charge is -2.36. The maximum atomic E-state index is 12.8. The molecule has 0 aliphatic carbocycles. The SMILES string of the molecule is CC(C)(C)OC(=O)N1C[C@@H]2C[C@H]1CN2c1ccc(-c2ccnc3c(-c4cccc5[nH]ncc45)c(-c4ccncc4)nn23)c(Cl)c1. The maximum absolute atomic E-state index is 12.8. The molecule has 0 saturated carbocycles. The summed E-state index contributed by atoms with van der Waals surface area (Å²) in [5.41, 5.74) is 7.48. The van der Waals surface area contributed by atoms with E-state index >= 15 is 0 Å². The molecule has 6 heterocycles. The zero-order chi connectivity index (χ0) is 30.9. The Morgan fingerprint density at radius 1 is 1.00 bits per heavy atom. The van der Waals surface area contributed by atoms with Crippen LogP contribution in [0, 0.1) is 0 Å². The number of hydrogen-bond acceptors (Lipinski definition) is 7. The molecule has 10 nitrogen and oxygen atoms in total. The number of carbonyl (C=O) groups is 1. The molecule has 226 valence electrons. The third-order valence-electron chi connectivity index (χ3n) is 8.66. The van der Waals surface area contributed by atoms with Gasteiger partial charge in [0.25, 0.3) is 0 Å². The van der Waals surface area contributed by atoms with Crippen molar-refractivity contribution in [3.8, 4) is 33.6 Å². The molecule has 0 unspecified atom stereocenters. The van der Waals surface area contributed by atoms with Crippen molar-refractivity contribution in [3.05, 3.63) is 84.4 Å². The predicted octanol–water partition coefficient (Wildman–Crippen LogP) is 6.85. The average molecular weight is 619 g/mol. The summed E-state index contributed by atoms with van der Waals surface area (Å²) in [7, 11) is 0. The number of piperazine rings is 1. The molecule has 45 heavy (non-hydrogen) atoms. The first-order valence-corrected chi connectivity index (χ1v) is 15.4. The van der Waals surface area contributed by atoms with Crippen molar-refractivity contribution in [2.24, 2.45) is 0 Å². The van der Waals surface area contributed by atoms with E-state index in [1.54, 1.807) is 18.6 Å². The van der Waals surface area contributed by atoms with E-state index in [-0.39, 0.29) is 18.2 Å². The topological polar surface area (TPSA) is 105 Å². The Labute approximate surface area is 264 Å². The van der Waals surface area contributed by atoms with Crippen LogP contribution in [0.15, 0.2) is 79.4 Å². The number of pyridine rings is 1. The summed E-state index contributed by atoms with van der Waals surface area (Å²) in [4.78, 5) is 26.0. The number of fused-ring (bicyclic) bond motifs is 4. The summed E-state index contributed by atoms with van der Waals surface area (Å²) in [5, 5.41) is 14.1. The molecule has 8 rings (SSSR count). The standard InChI is InChI=1S/C34H31ClN8O2/c1-34(2,3)45-33(44)42-19-22-15-23(42)18-41(22)21-7-8-25(27(35)16-21)29-11-14-37-32-30(24-5-4-6-28-26(24)17-38-39-28)31(40-43(29)32)20-9-12-36-13-10-20/h4-14,16-17,22-23H,15,18-19H2,1-3H3,(H,38,39)/t22-,23-/m0/s1. The van der Waals surface area contributed by atoms with Crippen molar-refractivity contribution < 1.29 is 9.53 Å². The first-order valence-electron chi connectivity index (χ1n) is 15.0. The van der Waals surface area contributed by atoms with Gasteiger partial charge < -0.3 is 14.5 Å². The third kappa shape index (κ3) is 4.67. The normalized spacial score (nSPS) is 18.0. The second-order valence-electron chi connectivity index (χ2n) is 12.7. The highest BCUT2D eigenvalue weighted by atomic mass is 35.5. The summed E-state index contributed by atoms with van der Waals surface area (Å²) in [6.45, 7) is 7.08. The van der Waals surface area contributed by atoms with Gasteiger partial charge in [0, 0.05) is 59.9 Å². The maximum Gasteiger partial charge on any atom is 0.410 e. The number of anilines is 1. The van der Waals surface area contributed by atoms with Crippen molar-refractivity contribution in [1.82, 2.24) is 34.7 Å². The Morgan fingerprint density at radius 3 is 2.60 bits per heavy atom. The van der Waals surface area contributed by atoms with Gasteiger partial charge in [-0.3, -0.25) is 10.1 Å². The molecular formula is C34H31ClN8O2. The van der Waals surface area contributed by atoms with Crippen LogP contribution < -0.4 is 4.90 Å². The lowest BCUT2D eigenvalue weighted by molar-refractivity contribution is 0.0214. The van der Waals surface area contributed by atoms with E-state index in [0.29, 0.717) is 17.2 Å². The van der Waals surface area contributed by atoms with Crippen molar-refractivity contribution in [2.45, 2.75) is 44.9 Å². The van der Waals surface area contributed by atoms with Crippen LogP contribution in [-0.4, -0.2) is 71.5 Å². The quantitative estimate of drug-likeness (QED) is 0.230. The first-order chi connectivity index (χ1) is 21.7. The van der Waals surface area contributed by atoms with E-state index in [4.69, 9.17) is 26.4 Å². The lowest BCUT2D eigenvalue weighted by Crippen LogP contribution is -2.50. The van der Waals surface area contributed by atoms with E-state index in [1.165, 1.54) is 0 Å². The van der Waals surface area contributed by atoms with E-state index in [0.717, 1.165) is 63.2 Å². The molecule has 6 aromatic rings. The number of benzene rings is 2. The number of carbonyl (C=O) groups excluding carboxylic acids is 1. The van der Waals surface area contributed by atoms with Gasteiger partial charge in [-0.1, -0.05) is 23.7 Å². The van der Waals surface area contributed by atoms with Crippen LogP contribution in [0.5, 0.6) is 0 Å². The highest BCUT2D eigenvalue weighted by Crippen LogP contribution is 2.41. The van der Waals surface area contributed by atoms with Gasteiger partial charge in [0.2, 0.25) is 0 Å². The fourth-order valence-corrected chi connectivity index (χ4v) is 6.98. The van der Waals surface area contributed by atoms with Gasteiger partial charge in [-0.05, 0) is 75.2 Å². The zero-order valence-electron chi connectivity index (χ0n) is 25.1. The number of aromatic amines is 1. The smallest absolute Gasteiger partial charge is 0.410 e. The zero-order valence-corrected chi connectivity index (χ0v) is 25.9. The predicted molar refractivity (Wildman–Crippen MR) is 174 cm³/mol. The summed E-state index contributed by atoms with van der Waals surface area (Å²) >= 11 is 7.05. The van der Waals surface area contributed by atoms with Gasteiger partial charge >= 0.3 is 6.09 Å². The summed E-state index contributed by atoms with van der Waals surface area (Å²) in [6, 6.07) is 18.4. The molecular weight excluding hydrogens is 588 g/mol. The minimum atomic E-state index is -0.513. The average Bonchev–Trinajstić information content (AvgIpc) is 3.83. The monoisotopic (exact) mass is 618 g/mol. The summed E-state index contributed by atoms with van der Waals surface area (Å²) in [5.74, 6) is 0. The van der Waals surface area contributed by atoms with Gasteiger partial charge in [0.05, 0.1) is 34.0 Å². The van der Waals surface area contributed by atoms with E-state index < -0.39 is 5.60 Å². The molecule has 2 bridgehead atoms. The Balaban J connectivity index is 1.17. The minimum absolute atomic E-state index is 0.122. The number of amides is 1. The minimum Gasteiger partial charge on any atom is -0.444 e. The first kappa shape index (κ1) is 27.6. The largest absolute Gasteiger partial charge is 0.444 e. The van der Waals surface area contributed by atoms with Gasteiger partial charge in [0.15, 0.2) is 5.65 Å². The van der Waals surface area contributed by atoms with Crippen LogP contribution in [0.3, 0.4) is 0 Å². The molecule has 2 fully saturated rings. The van der Waals surface area contributed by atoms with Crippen molar-refractivity contribution in [1.29, 1.82) is 0 Å². The number of likely N-dealkylation sites (tertiary alicyclic amines) is 1. The molecule has 0 radical (unpaired) electrons. The molecule has 2 saturated heterocycles. The van der Waals surface area contributed by atoms with Crippen molar-refractivity contribution in [3.63, 3.8) is 0 Å². The molecule has 2 aliphatic heterocycles. The Kier molecular flexibility index (Phi) is 6.32. The fraction of sp³-hybridized carbons (Fsp3) is 0.265. The van der Waals surface area contributed by atoms with Crippen LogP contribution in [0.4, 0.5) is 10.5 Å². The number of H-pyrrole nitrogens is 1. The van der Waals surface area contributed by atoms with Gasteiger partial charge in [-0.25, -0.2) is 14.3 Å². The number of nitrogens with one attached hydrogen (secondary N) is 1. The Hall–Kier alpha value is -4.96. The molecule has 1 amide bonds. The Morgan fingerprint density at radius 2 is 1.84 bits per heavy atom. The van der Waals surface area contributed by atoms with Crippen LogP contribution in [0.2, 0.25) is 5.02 Å². The molecule has 2 atom stereocenters. The highest BCUT2D eigenvalue weighted by molar-refractivity contribution is 6.33. The number of rotatable bonds is 4. The van der Waals surface area contributed by atoms with E-state index in [1.807, 2.05) is 78.8 Å². The second-order valence-corrected chi connectivity index (χ2v) is 13.1. The van der Waals surface area contributed by atoms with E-state index in [2.05, 4.69) is 32.2 Å². The number of hydrogen-bond donors (Lipinski definition) is 1. The highest BCUT2D eigenvalue weighted by Gasteiger charge is 2.46. The second kappa shape index (κ2) is 10.3. The number of aromatic nitrogens is 6. The van der Waals surface area contributed by atoms with Crippen molar-refractivity contribution in [2.75, 3.05) is 18.0 Å². The van der Waals surface area contributed by atoms with Gasteiger partial charge in [-0.15, -0.1) is 0 Å². The molecule has 2 aliphatic rings. The fourth-order valence-electron chi connectivity index (χ4n) is 6.71. The number of nitrogens with zero attached hydrogens (tertiary/aromatic N) is 7. The molecule has 11 heteroatoms. The number of halogens is 1. The molecule has 0 spiro atoms. The summed E-state index contributed by atoms with van der Waals surface area (Å²) < 4.78 is 7.52. The van der Waals surface area contributed by atoms with Crippen LogP contribution in [0.1, 0.15) is 27.2 Å². The van der Waals surface area contributed by atoms with Crippen LogP contribution in [0.25, 0.3) is 50.2 Å². The van der Waals surface area contributed by atoms with Crippen LogP contribution in [-0.2, 0) is 4.74 Å². The van der Waals surface area contributed by atoms with Gasteiger partial charge in [-0.2, -0.15) is 10.2 Å². The Bertz CT molecular complexity index is 2080. The van der Waals surface area contributed by atoms with Crippen molar-refractivity contribution >= 4 is 39.9 Å². The number of ether oxygens (including phenoxy) is 1. The van der Waals surface area contributed by atoms with Crippen LogP contribution >= 0.6 is 11.6 Å². The lowest BCUT2D eigenvalue weighted by atomic mass is 9.99. The van der Waals surface area contributed by atoms with Gasteiger partial charge in [0.1, 0.15) is 11.3 Å². The third-order valence-corrected chi connectivity index (χ3v) is 8.97. The van der Waals surface area contributed by atoms with E-state index in [9.17, 15) is 4.79 Å². The molecule has 4 aromatic heterocycles. The molecule has 2 aromatic carbocycles.